The molecule has 1 aromatic rings. The molecule has 0 radical (unpaired) electrons. The van der Waals surface area contributed by atoms with Gasteiger partial charge in [0.1, 0.15) is 5.75 Å². The molecule has 2 rings (SSSR count). The Hall–Kier alpha value is -1.51. The van der Waals surface area contributed by atoms with Gasteiger partial charge in [0.05, 0.1) is 13.0 Å². The Morgan fingerprint density at radius 1 is 1.35 bits per heavy atom. The number of rotatable bonds is 6. The van der Waals surface area contributed by atoms with Crippen LogP contribution in [0.2, 0.25) is 0 Å². The quantitative estimate of drug-likeness (QED) is 0.795. The van der Waals surface area contributed by atoms with E-state index in [4.69, 9.17) is 4.74 Å². The maximum Gasteiger partial charge on any atom is 0.226 e. The van der Waals surface area contributed by atoms with Crippen molar-refractivity contribution in [1.29, 1.82) is 0 Å². The van der Waals surface area contributed by atoms with Gasteiger partial charge in [-0.1, -0.05) is 17.7 Å². The van der Waals surface area contributed by atoms with Crippen LogP contribution in [0, 0.1) is 13.8 Å². The molecule has 3 nitrogen and oxygen atoms in total. The number of benzene rings is 1. The van der Waals surface area contributed by atoms with E-state index in [1.165, 1.54) is 5.56 Å². The van der Waals surface area contributed by atoms with Crippen molar-refractivity contribution in [3.05, 3.63) is 29.3 Å². The minimum Gasteiger partial charge on any atom is -0.493 e. The van der Waals surface area contributed by atoms with Crippen LogP contribution in [0.25, 0.3) is 0 Å². The number of hydrogen-bond acceptors (Lipinski definition) is 2. The molecule has 20 heavy (non-hydrogen) atoms. The van der Waals surface area contributed by atoms with Crippen LogP contribution < -0.4 is 4.74 Å². The lowest BCUT2D eigenvalue weighted by Gasteiger charge is -2.26. The zero-order chi connectivity index (χ0) is 14.7. The summed E-state index contributed by atoms with van der Waals surface area (Å²) in [4.78, 5) is 14.3. The van der Waals surface area contributed by atoms with Crippen molar-refractivity contribution in [2.24, 2.45) is 0 Å². The summed E-state index contributed by atoms with van der Waals surface area (Å²) in [7, 11) is 0. The van der Waals surface area contributed by atoms with Gasteiger partial charge in [0, 0.05) is 12.1 Å². The fourth-order valence-electron chi connectivity index (χ4n) is 2.60. The van der Waals surface area contributed by atoms with E-state index in [9.17, 15) is 4.79 Å². The van der Waals surface area contributed by atoms with Crippen molar-refractivity contribution >= 4 is 5.91 Å². The van der Waals surface area contributed by atoms with Gasteiger partial charge in [0.15, 0.2) is 0 Å². The number of carbonyl (C=O) groups excluding carboxylic acids is 1. The summed E-state index contributed by atoms with van der Waals surface area (Å²) in [6.45, 7) is 8.73. The van der Waals surface area contributed by atoms with Gasteiger partial charge in [-0.15, -0.1) is 0 Å². The summed E-state index contributed by atoms with van der Waals surface area (Å²) in [5, 5.41) is 0. The van der Waals surface area contributed by atoms with E-state index in [0.29, 0.717) is 19.1 Å². The molecule has 1 amide bonds. The summed E-state index contributed by atoms with van der Waals surface area (Å²) < 4.78 is 5.74. The van der Waals surface area contributed by atoms with Crippen molar-refractivity contribution in [3.8, 4) is 5.75 Å². The Balaban J connectivity index is 1.84. The van der Waals surface area contributed by atoms with Crippen LogP contribution in [-0.4, -0.2) is 29.5 Å². The van der Waals surface area contributed by atoms with Gasteiger partial charge in [0.2, 0.25) is 5.91 Å². The van der Waals surface area contributed by atoms with Crippen LogP contribution in [0.5, 0.6) is 5.75 Å². The number of nitrogens with zero attached hydrogens (tertiary/aromatic N) is 1. The number of ether oxygens (including phenoxy) is 1. The Kier molecular flexibility index (Phi) is 4.69. The molecule has 1 saturated carbocycles. The smallest absolute Gasteiger partial charge is 0.226 e. The molecule has 1 aliphatic carbocycles. The molecule has 1 fully saturated rings. The summed E-state index contributed by atoms with van der Waals surface area (Å²) in [5.74, 6) is 1.10. The summed E-state index contributed by atoms with van der Waals surface area (Å²) in [6, 6.07) is 6.88. The molecule has 0 aliphatic heterocycles. The Morgan fingerprint density at radius 3 is 2.60 bits per heavy atom. The Bertz CT molecular complexity index is 476. The molecule has 1 aliphatic rings. The Labute approximate surface area is 121 Å². The minimum absolute atomic E-state index is 0.215. The van der Waals surface area contributed by atoms with Gasteiger partial charge in [-0.3, -0.25) is 4.79 Å². The molecule has 3 heteroatoms. The van der Waals surface area contributed by atoms with E-state index in [-0.39, 0.29) is 11.9 Å². The van der Waals surface area contributed by atoms with Gasteiger partial charge in [0.25, 0.3) is 0 Å². The third-order valence-corrected chi connectivity index (χ3v) is 3.69. The first-order valence-electron chi connectivity index (χ1n) is 7.50. The van der Waals surface area contributed by atoms with Crippen molar-refractivity contribution in [3.63, 3.8) is 0 Å². The first-order chi connectivity index (χ1) is 9.49. The van der Waals surface area contributed by atoms with Crippen LogP contribution in [0.1, 0.15) is 44.2 Å². The monoisotopic (exact) mass is 275 g/mol. The molecule has 110 valence electrons. The van der Waals surface area contributed by atoms with Crippen molar-refractivity contribution in [2.45, 2.75) is 59.0 Å². The van der Waals surface area contributed by atoms with Gasteiger partial charge in [-0.2, -0.15) is 0 Å². The van der Waals surface area contributed by atoms with Crippen LogP contribution in [0.3, 0.4) is 0 Å². The summed E-state index contributed by atoms with van der Waals surface area (Å²) in [5.41, 5.74) is 2.35. The van der Waals surface area contributed by atoms with Crippen LogP contribution >= 0.6 is 0 Å². The van der Waals surface area contributed by atoms with Gasteiger partial charge in [-0.25, -0.2) is 0 Å². The van der Waals surface area contributed by atoms with Crippen molar-refractivity contribution in [2.75, 3.05) is 6.61 Å². The second-order valence-corrected chi connectivity index (χ2v) is 5.99. The Morgan fingerprint density at radius 2 is 2.05 bits per heavy atom. The van der Waals surface area contributed by atoms with E-state index >= 15 is 0 Å². The van der Waals surface area contributed by atoms with Gasteiger partial charge >= 0.3 is 0 Å². The highest BCUT2D eigenvalue weighted by Gasteiger charge is 2.33. The molecule has 0 bridgehead atoms. The second kappa shape index (κ2) is 6.29. The van der Waals surface area contributed by atoms with Crippen molar-refractivity contribution < 1.29 is 9.53 Å². The molecule has 0 heterocycles. The lowest BCUT2D eigenvalue weighted by Crippen LogP contribution is -2.39. The second-order valence-electron chi connectivity index (χ2n) is 5.99. The fraction of sp³-hybridized carbons (Fsp3) is 0.588. The van der Waals surface area contributed by atoms with E-state index in [1.807, 2.05) is 24.0 Å². The van der Waals surface area contributed by atoms with Gasteiger partial charge in [-0.05, 0) is 52.2 Å². The van der Waals surface area contributed by atoms with E-state index in [0.717, 1.165) is 24.2 Å². The predicted molar refractivity (Wildman–Crippen MR) is 81.0 cm³/mol. The molecule has 0 spiro atoms. The standard InChI is InChI=1S/C17H25NO2/c1-12(2)18(15-6-7-15)17(19)9-10-20-16-8-5-13(3)11-14(16)4/h5,8,11-12,15H,6-7,9-10H2,1-4H3. The molecule has 0 N–H and O–H groups in total. The molecule has 0 saturated heterocycles. The van der Waals surface area contributed by atoms with Crippen LogP contribution in [0.4, 0.5) is 0 Å². The summed E-state index contributed by atoms with van der Waals surface area (Å²) >= 11 is 0. The number of aryl methyl sites for hydroxylation is 2. The maximum atomic E-state index is 12.2. The molecular weight excluding hydrogens is 250 g/mol. The average Bonchev–Trinajstić information content (AvgIpc) is 3.16. The van der Waals surface area contributed by atoms with Crippen LogP contribution in [-0.2, 0) is 4.79 Å². The third kappa shape index (κ3) is 3.75. The number of carbonyl (C=O) groups is 1. The SMILES string of the molecule is Cc1ccc(OCCC(=O)N(C(C)C)C2CC2)c(C)c1. The largest absolute Gasteiger partial charge is 0.493 e. The topological polar surface area (TPSA) is 29.5 Å². The lowest BCUT2D eigenvalue weighted by atomic mass is 10.1. The average molecular weight is 275 g/mol. The van der Waals surface area contributed by atoms with Crippen molar-refractivity contribution in [1.82, 2.24) is 4.90 Å². The lowest BCUT2D eigenvalue weighted by molar-refractivity contribution is -0.134. The zero-order valence-corrected chi connectivity index (χ0v) is 13.0. The zero-order valence-electron chi connectivity index (χ0n) is 13.0. The van der Waals surface area contributed by atoms with E-state index in [1.54, 1.807) is 0 Å². The molecule has 0 unspecified atom stereocenters. The van der Waals surface area contributed by atoms with Crippen LogP contribution in [0.15, 0.2) is 18.2 Å². The number of hydrogen-bond donors (Lipinski definition) is 0. The minimum atomic E-state index is 0.215. The predicted octanol–water partition coefficient (Wildman–Crippen LogP) is 3.47. The highest BCUT2D eigenvalue weighted by Crippen LogP contribution is 2.29. The highest BCUT2D eigenvalue weighted by atomic mass is 16.5. The molecular formula is C17H25NO2. The fourth-order valence-corrected chi connectivity index (χ4v) is 2.60. The molecule has 1 aromatic carbocycles. The van der Waals surface area contributed by atoms with E-state index in [2.05, 4.69) is 26.8 Å². The third-order valence-electron chi connectivity index (χ3n) is 3.69. The molecule has 0 aromatic heterocycles. The maximum absolute atomic E-state index is 12.2. The summed E-state index contributed by atoms with van der Waals surface area (Å²) in [6.07, 6.45) is 2.77. The molecule has 0 atom stereocenters. The number of amides is 1. The highest BCUT2D eigenvalue weighted by molar-refractivity contribution is 5.77. The first kappa shape index (κ1) is 14.9. The van der Waals surface area contributed by atoms with E-state index < -0.39 is 0 Å². The normalized spacial score (nSPS) is 14.4. The van der Waals surface area contributed by atoms with Gasteiger partial charge < -0.3 is 9.64 Å². The first-order valence-corrected chi connectivity index (χ1v) is 7.50.